The summed E-state index contributed by atoms with van der Waals surface area (Å²) in [6.45, 7) is 0. The lowest BCUT2D eigenvalue weighted by molar-refractivity contribution is 0.0734. The van der Waals surface area contributed by atoms with E-state index in [0.717, 1.165) is 0 Å². The van der Waals surface area contributed by atoms with E-state index in [4.69, 9.17) is 44.3 Å². The predicted molar refractivity (Wildman–Crippen MR) is 121 cm³/mol. The van der Waals surface area contributed by atoms with Crippen molar-refractivity contribution < 1.29 is 19.1 Å². The van der Waals surface area contributed by atoms with Crippen LogP contribution in [0.4, 0.5) is 0 Å². The van der Waals surface area contributed by atoms with E-state index in [0.29, 0.717) is 26.9 Å². The SMILES string of the molecule is COc1ccc(C(=O)N/N=C/c2cc(Cl)ccc2OC(=O)c2ccc(Cl)cc2Cl)cc1. The first kappa shape index (κ1) is 22.6. The number of hydrogen-bond donors (Lipinski definition) is 1. The molecule has 0 saturated heterocycles. The zero-order valence-electron chi connectivity index (χ0n) is 16.1. The first-order chi connectivity index (χ1) is 14.9. The molecule has 1 amide bonds. The molecule has 6 nitrogen and oxygen atoms in total. The summed E-state index contributed by atoms with van der Waals surface area (Å²) in [5, 5.41) is 4.88. The molecule has 0 fully saturated rings. The van der Waals surface area contributed by atoms with Gasteiger partial charge in [0.15, 0.2) is 0 Å². The second kappa shape index (κ2) is 10.3. The zero-order chi connectivity index (χ0) is 22.4. The Kier molecular flexibility index (Phi) is 7.52. The van der Waals surface area contributed by atoms with E-state index in [9.17, 15) is 9.59 Å². The van der Waals surface area contributed by atoms with Gasteiger partial charge >= 0.3 is 5.97 Å². The second-order valence-corrected chi connectivity index (χ2v) is 7.40. The Bertz CT molecular complexity index is 1150. The van der Waals surface area contributed by atoms with E-state index in [1.807, 2.05) is 0 Å². The van der Waals surface area contributed by atoms with Gasteiger partial charge in [0.1, 0.15) is 11.5 Å². The van der Waals surface area contributed by atoms with Crippen LogP contribution in [0.2, 0.25) is 15.1 Å². The molecule has 0 aromatic heterocycles. The summed E-state index contributed by atoms with van der Waals surface area (Å²) in [6, 6.07) is 15.6. The van der Waals surface area contributed by atoms with Gasteiger partial charge in [0, 0.05) is 21.2 Å². The number of hydrogen-bond acceptors (Lipinski definition) is 5. The molecule has 1 N–H and O–H groups in total. The maximum atomic E-state index is 12.5. The van der Waals surface area contributed by atoms with Gasteiger partial charge in [0.2, 0.25) is 0 Å². The summed E-state index contributed by atoms with van der Waals surface area (Å²) in [5.41, 5.74) is 3.32. The third-order valence-corrected chi connectivity index (χ3v) is 4.83. The molecule has 0 heterocycles. The summed E-state index contributed by atoms with van der Waals surface area (Å²) in [5.74, 6) is -0.289. The second-order valence-electron chi connectivity index (χ2n) is 6.12. The fourth-order valence-electron chi connectivity index (χ4n) is 2.49. The number of ether oxygens (including phenoxy) is 2. The third-order valence-electron chi connectivity index (χ3n) is 4.05. The molecule has 0 unspecified atom stereocenters. The topological polar surface area (TPSA) is 77.0 Å². The Morgan fingerprint density at radius 1 is 0.935 bits per heavy atom. The van der Waals surface area contributed by atoms with Gasteiger partial charge in [0.25, 0.3) is 5.91 Å². The van der Waals surface area contributed by atoms with Crippen molar-refractivity contribution in [3.63, 3.8) is 0 Å². The lowest BCUT2D eigenvalue weighted by Crippen LogP contribution is -2.17. The number of carbonyl (C=O) groups excluding carboxylic acids is 2. The highest BCUT2D eigenvalue weighted by atomic mass is 35.5. The molecule has 0 aliphatic rings. The monoisotopic (exact) mass is 476 g/mol. The fourth-order valence-corrected chi connectivity index (χ4v) is 3.16. The van der Waals surface area contributed by atoms with Crippen LogP contribution in [-0.4, -0.2) is 25.2 Å². The Balaban J connectivity index is 1.74. The van der Waals surface area contributed by atoms with E-state index < -0.39 is 11.9 Å². The van der Waals surface area contributed by atoms with Crippen LogP contribution in [0.5, 0.6) is 11.5 Å². The van der Waals surface area contributed by atoms with Crippen molar-refractivity contribution in [2.24, 2.45) is 5.10 Å². The molecule has 0 saturated carbocycles. The summed E-state index contributed by atoms with van der Waals surface area (Å²) in [4.78, 5) is 24.7. The summed E-state index contributed by atoms with van der Waals surface area (Å²) in [7, 11) is 1.54. The molecular weight excluding hydrogens is 463 g/mol. The Labute approximate surface area is 193 Å². The van der Waals surface area contributed by atoms with Crippen molar-refractivity contribution in [2.45, 2.75) is 0 Å². The van der Waals surface area contributed by atoms with E-state index in [1.54, 1.807) is 30.3 Å². The number of carbonyl (C=O) groups is 2. The molecule has 9 heteroatoms. The molecule has 3 rings (SSSR count). The molecular formula is C22H15Cl3N2O4. The molecule has 31 heavy (non-hydrogen) atoms. The average Bonchev–Trinajstić information content (AvgIpc) is 2.75. The molecule has 158 valence electrons. The largest absolute Gasteiger partial charge is 0.497 e. The highest BCUT2D eigenvalue weighted by Crippen LogP contribution is 2.25. The van der Waals surface area contributed by atoms with Gasteiger partial charge in [-0.15, -0.1) is 0 Å². The Morgan fingerprint density at radius 3 is 2.29 bits per heavy atom. The van der Waals surface area contributed by atoms with E-state index >= 15 is 0 Å². The van der Waals surface area contributed by atoms with Gasteiger partial charge in [-0.05, 0) is 60.7 Å². The highest BCUT2D eigenvalue weighted by molar-refractivity contribution is 6.36. The van der Waals surface area contributed by atoms with E-state index in [-0.39, 0.29) is 16.3 Å². The van der Waals surface area contributed by atoms with Crippen LogP contribution in [-0.2, 0) is 0 Å². The maximum absolute atomic E-state index is 12.5. The van der Waals surface area contributed by atoms with Crippen molar-refractivity contribution >= 4 is 52.9 Å². The molecule has 0 aliphatic carbocycles. The van der Waals surface area contributed by atoms with Crippen LogP contribution >= 0.6 is 34.8 Å². The average molecular weight is 478 g/mol. The third kappa shape index (κ3) is 5.98. The maximum Gasteiger partial charge on any atom is 0.345 e. The molecule has 3 aromatic rings. The fraction of sp³-hybridized carbons (Fsp3) is 0.0455. The number of halogens is 3. The summed E-state index contributed by atoms with van der Waals surface area (Å²) < 4.78 is 10.5. The minimum atomic E-state index is -0.680. The summed E-state index contributed by atoms with van der Waals surface area (Å²) in [6.07, 6.45) is 1.32. The van der Waals surface area contributed by atoms with E-state index in [2.05, 4.69) is 10.5 Å². The van der Waals surface area contributed by atoms with Crippen molar-refractivity contribution in [3.05, 3.63) is 92.4 Å². The van der Waals surface area contributed by atoms with Crippen LogP contribution < -0.4 is 14.9 Å². The van der Waals surface area contributed by atoms with E-state index in [1.165, 1.54) is 43.7 Å². The lowest BCUT2D eigenvalue weighted by Gasteiger charge is -2.09. The Hall–Kier alpha value is -3.06. The number of benzene rings is 3. The molecule has 0 aliphatic heterocycles. The van der Waals surface area contributed by atoms with Gasteiger partial charge in [-0.1, -0.05) is 34.8 Å². The first-order valence-electron chi connectivity index (χ1n) is 8.81. The lowest BCUT2D eigenvalue weighted by atomic mass is 10.2. The van der Waals surface area contributed by atoms with Crippen LogP contribution in [0.3, 0.4) is 0 Å². The van der Waals surface area contributed by atoms with Crippen LogP contribution in [0.25, 0.3) is 0 Å². The van der Waals surface area contributed by atoms with Crippen molar-refractivity contribution in [1.29, 1.82) is 0 Å². The minimum Gasteiger partial charge on any atom is -0.497 e. The van der Waals surface area contributed by atoms with Crippen LogP contribution in [0.15, 0.2) is 65.8 Å². The quantitative estimate of drug-likeness (QED) is 0.216. The molecule has 3 aromatic carbocycles. The van der Waals surface area contributed by atoms with Gasteiger partial charge in [-0.25, -0.2) is 10.2 Å². The predicted octanol–water partition coefficient (Wildman–Crippen LogP) is 5.64. The van der Waals surface area contributed by atoms with Crippen LogP contribution in [0, 0.1) is 0 Å². The number of amides is 1. The van der Waals surface area contributed by atoms with Crippen LogP contribution in [0.1, 0.15) is 26.3 Å². The highest BCUT2D eigenvalue weighted by Gasteiger charge is 2.15. The number of methoxy groups -OCH3 is 1. The molecule has 0 spiro atoms. The van der Waals surface area contributed by atoms with Gasteiger partial charge < -0.3 is 9.47 Å². The number of esters is 1. The Morgan fingerprint density at radius 2 is 1.61 bits per heavy atom. The normalized spacial score (nSPS) is 10.7. The van der Waals surface area contributed by atoms with Gasteiger partial charge in [0.05, 0.1) is 23.9 Å². The number of rotatable bonds is 6. The zero-order valence-corrected chi connectivity index (χ0v) is 18.3. The summed E-state index contributed by atoms with van der Waals surface area (Å²) >= 11 is 18.0. The standard InChI is InChI=1S/C22H15Cl3N2O4/c1-30-17-6-2-13(3-7-17)21(28)27-26-12-14-10-15(23)5-9-20(14)31-22(29)18-8-4-16(24)11-19(18)25/h2-12H,1H3,(H,27,28)/b26-12+. The smallest absolute Gasteiger partial charge is 0.345 e. The molecule has 0 radical (unpaired) electrons. The van der Waals surface area contributed by atoms with Crippen molar-refractivity contribution in [3.8, 4) is 11.5 Å². The number of nitrogens with one attached hydrogen (secondary N) is 1. The van der Waals surface area contributed by atoms with Crippen molar-refractivity contribution in [2.75, 3.05) is 7.11 Å². The minimum absolute atomic E-state index is 0.150. The molecule has 0 atom stereocenters. The molecule has 0 bridgehead atoms. The van der Waals surface area contributed by atoms with Crippen molar-refractivity contribution in [1.82, 2.24) is 5.43 Å². The van der Waals surface area contributed by atoms with Gasteiger partial charge in [-0.3, -0.25) is 4.79 Å². The number of nitrogens with zero attached hydrogens (tertiary/aromatic N) is 1. The number of hydrazone groups is 1. The first-order valence-corrected chi connectivity index (χ1v) is 9.95. The van der Waals surface area contributed by atoms with Gasteiger partial charge in [-0.2, -0.15) is 5.10 Å².